The van der Waals surface area contributed by atoms with Crippen molar-refractivity contribution in [1.82, 2.24) is 0 Å². The molecule has 0 radical (unpaired) electrons. The van der Waals surface area contributed by atoms with Crippen molar-refractivity contribution >= 4 is 8.32 Å². The van der Waals surface area contributed by atoms with Crippen LogP contribution in [0.15, 0.2) is 0 Å². The third-order valence-corrected chi connectivity index (χ3v) is 8.71. The number of nitrogens with two attached hydrogens (primary N) is 2. The van der Waals surface area contributed by atoms with E-state index in [4.69, 9.17) is 15.9 Å². The van der Waals surface area contributed by atoms with Crippen LogP contribution in [0.4, 0.5) is 0 Å². The Kier molecular flexibility index (Phi) is 4.22. The Labute approximate surface area is 101 Å². The van der Waals surface area contributed by atoms with Gasteiger partial charge in [0.15, 0.2) is 8.32 Å². The van der Waals surface area contributed by atoms with Gasteiger partial charge in [0.2, 0.25) is 0 Å². The van der Waals surface area contributed by atoms with Gasteiger partial charge in [-0.05, 0) is 37.4 Å². The van der Waals surface area contributed by atoms with Crippen LogP contribution in [0.3, 0.4) is 0 Å². The molecule has 0 aliphatic heterocycles. The van der Waals surface area contributed by atoms with Crippen LogP contribution >= 0.6 is 0 Å². The highest BCUT2D eigenvalue weighted by molar-refractivity contribution is 6.74. The molecule has 0 amide bonds. The predicted molar refractivity (Wildman–Crippen MR) is 71.9 cm³/mol. The first-order valence-corrected chi connectivity index (χ1v) is 9.25. The summed E-state index contributed by atoms with van der Waals surface area (Å²) in [5, 5.41) is 0.244. The van der Waals surface area contributed by atoms with Crippen LogP contribution in [0.25, 0.3) is 0 Å². The van der Waals surface area contributed by atoms with Gasteiger partial charge in [0.25, 0.3) is 0 Å². The quantitative estimate of drug-likeness (QED) is 0.732. The fourth-order valence-corrected chi connectivity index (χ4v) is 3.29. The Balaban J connectivity index is 2.66. The minimum atomic E-state index is -1.70. The lowest BCUT2D eigenvalue weighted by Crippen LogP contribution is -2.57. The normalized spacial score (nSPS) is 32.8. The molecule has 0 spiro atoms. The minimum Gasteiger partial charge on any atom is -0.412 e. The third kappa shape index (κ3) is 3.06. The monoisotopic (exact) mass is 244 g/mol. The molecule has 4 heteroatoms. The molecule has 1 rings (SSSR count). The summed E-state index contributed by atoms with van der Waals surface area (Å²) >= 11 is 0. The molecular formula is C12H28N2OSi. The Morgan fingerprint density at radius 1 is 1.12 bits per heavy atom. The fourth-order valence-electron chi connectivity index (χ4n) is 1.91. The van der Waals surface area contributed by atoms with E-state index in [0.29, 0.717) is 0 Å². The first-order chi connectivity index (χ1) is 7.15. The standard InChI is InChI=1S/C12H28N2OSi/c1-12(2,3)16(4,5)15-10-8-6-7-9(13)11(10)14/h9-11H,6-8,13-14H2,1-5H3/t9-,10?,11-/m1/s1. The maximum atomic E-state index is 6.36. The topological polar surface area (TPSA) is 61.3 Å². The Morgan fingerprint density at radius 2 is 1.69 bits per heavy atom. The fraction of sp³-hybridized carbons (Fsp3) is 1.00. The van der Waals surface area contributed by atoms with E-state index in [1.807, 2.05) is 0 Å². The summed E-state index contributed by atoms with van der Waals surface area (Å²) in [5.41, 5.74) is 12.2. The van der Waals surface area contributed by atoms with Gasteiger partial charge < -0.3 is 15.9 Å². The summed E-state index contributed by atoms with van der Waals surface area (Å²) in [6, 6.07) is 0.131. The van der Waals surface area contributed by atoms with Crippen molar-refractivity contribution in [1.29, 1.82) is 0 Å². The first-order valence-electron chi connectivity index (χ1n) is 6.34. The van der Waals surface area contributed by atoms with Gasteiger partial charge in [0.05, 0.1) is 6.10 Å². The molecule has 1 fully saturated rings. The van der Waals surface area contributed by atoms with Crippen LogP contribution in [-0.4, -0.2) is 26.5 Å². The Bertz CT molecular complexity index is 238. The third-order valence-electron chi connectivity index (χ3n) is 4.20. The molecule has 0 heterocycles. The average Bonchev–Trinajstić information content (AvgIpc) is 2.11. The largest absolute Gasteiger partial charge is 0.412 e. The van der Waals surface area contributed by atoms with Crippen molar-refractivity contribution in [3.05, 3.63) is 0 Å². The zero-order valence-corrected chi connectivity index (χ0v) is 12.4. The lowest BCUT2D eigenvalue weighted by molar-refractivity contribution is 0.106. The minimum absolute atomic E-state index is 0.0166. The summed E-state index contributed by atoms with van der Waals surface area (Å²) in [4.78, 5) is 0. The van der Waals surface area contributed by atoms with E-state index in [1.54, 1.807) is 0 Å². The summed E-state index contributed by atoms with van der Waals surface area (Å²) in [7, 11) is -1.70. The number of hydrogen-bond acceptors (Lipinski definition) is 3. The van der Waals surface area contributed by atoms with Crippen molar-refractivity contribution < 1.29 is 4.43 Å². The lowest BCUT2D eigenvalue weighted by atomic mass is 9.89. The molecule has 0 aromatic heterocycles. The van der Waals surface area contributed by atoms with Crippen molar-refractivity contribution in [2.75, 3.05) is 0 Å². The van der Waals surface area contributed by atoms with Gasteiger partial charge in [-0.3, -0.25) is 0 Å². The Morgan fingerprint density at radius 3 is 2.19 bits per heavy atom. The Hall–Kier alpha value is 0.0969. The van der Waals surface area contributed by atoms with E-state index in [-0.39, 0.29) is 23.2 Å². The zero-order chi connectivity index (χ0) is 12.6. The van der Waals surface area contributed by atoms with Crippen LogP contribution in [0.1, 0.15) is 40.0 Å². The molecule has 4 N–H and O–H groups in total. The zero-order valence-electron chi connectivity index (χ0n) is 11.4. The molecular weight excluding hydrogens is 216 g/mol. The van der Waals surface area contributed by atoms with Gasteiger partial charge in [0.1, 0.15) is 0 Å². The molecule has 0 saturated heterocycles. The molecule has 1 unspecified atom stereocenters. The highest BCUT2D eigenvalue weighted by Crippen LogP contribution is 2.38. The maximum absolute atomic E-state index is 6.36. The first kappa shape index (κ1) is 14.2. The molecule has 0 bridgehead atoms. The smallest absolute Gasteiger partial charge is 0.192 e. The SMILES string of the molecule is CC(C)(C)[Si](C)(C)OC1CCC[C@@H](N)[C@H]1N. The van der Waals surface area contributed by atoms with Crippen molar-refractivity contribution in [2.24, 2.45) is 11.5 Å². The van der Waals surface area contributed by atoms with Crippen molar-refractivity contribution in [3.8, 4) is 0 Å². The van der Waals surface area contributed by atoms with Crippen LogP contribution in [0.5, 0.6) is 0 Å². The molecule has 16 heavy (non-hydrogen) atoms. The van der Waals surface area contributed by atoms with E-state index in [9.17, 15) is 0 Å². The van der Waals surface area contributed by atoms with Crippen LogP contribution in [-0.2, 0) is 4.43 Å². The van der Waals surface area contributed by atoms with E-state index >= 15 is 0 Å². The van der Waals surface area contributed by atoms with Gasteiger partial charge in [-0.1, -0.05) is 20.8 Å². The van der Waals surface area contributed by atoms with E-state index in [1.165, 1.54) is 0 Å². The van der Waals surface area contributed by atoms with E-state index in [0.717, 1.165) is 19.3 Å². The van der Waals surface area contributed by atoms with Crippen LogP contribution in [0.2, 0.25) is 18.1 Å². The molecule has 0 aromatic rings. The maximum Gasteiger partial charge on any atom is 0.192 e. The van der Waals surface area contributed by atoms with Crippen LogP contribution in [0, 0.1) is 0 Å². The molecule has 1 aliphatic rings. The van der Waals surface area contributed by atoms with Crippen LogP contribution < -0.4 is 11.5 Å². The second-order valence-electron chi connectivity index (χ2n) is 6.59. The van der Waals surface area contributed by atoms with E-state index < -0.39 is 8.32 Å². The summed E-state index contributed by atoms with van der Waals surface area (Å²) in [6.07, 6.45) is 3.43. The van der Waals surface area contributed by atoms with Crippen molar-refractivity contribution in [2.45, 2.75) is 76.4 Å². The molecule has 3 atom stereocenters. The second kappa shape index (κ2) is 4.76. The molecule has 3 nitrogen and oxygen atoms in total. The second-order valence-corrected chi connectivity index (χ2v) is 11.3. The number of hydrogen-bond donors (Lipinski definition) is 2. The van der Waals surface area contributed by atoms with Gasteiger partial charge in [-0.15, -0.1) is 0 Å². The summed E-state index contributed by atoms with van der Waals surface area (Å²) in [6.45, 7) is 11.3. The molecule has 0 aromatic carbocycles. The average molecular weight is 244 g/mol. The molecule has 1 aliphatic carbocycles. The van der Waals surface area contributed by atoms with E-state index in [2.05, 4.69) is 33.9 Å². The highest BCUT2D eigenvalue weighted by atomic mass is 28.4. The summed E-state index contributed by atoms with van der Waals surface area (Å²) in [5.74, 6) is 0. The van der Waals surface area contributed by atoms with Crippen molar-refractivity contribution in [3.63, 3.8) is 0 Å². The predicted octanol–water partition coefficient (Wildman–Crippen LogP) is 2.22. The lowest BCUT2D eigenvalue weighted by Gasteiger charge is -2.43. The van der Waals surface area contributed by atoms with Gasteiger partial charge >= 0.3 is 0 Å². The van der Waals surface area contributed by atoms with Gasteiger partial charge in [-0.25, -0.2) is 0 Å². The van der Waals surface area contributed by atoms with Gasteiger partial charge in [-0.2, -0.15) is 0 Å². The number of rotatable bonds is 2. The summed E-state index contributed by atoms with van der Waals surface area (Å²) < 4.78 is 6.36. The molecule has 1 saturated carbocycles. The highest BCUT2D eigenvalue weighted by Gasteiger charge is 2.41. The van der Waals surface area contributed by atoms with Gasteiger partial charge in [0, 0.05) is 12.1 Å². The molecule has 96 valence electrons.